The number of hydrogen-bond donors (Lipinski definition) is 1. The highest BCUT2D eigenvalue weighted by atomic mass is 19.1. The van der Waals surface area contributed by atoms with Crippen LogP contribution in [0.15, 0.2) is 36.5 Å². The number of nitrogens with one attached hydrogen (secondary N) is 1. The van der Waals surface area contributed by atoms with Crippen LogP contribution in [0.2, 0.25) is 0 Å². The Balaban J connectivity index is 1.18. The van der Waals surface area contributed by atoms with E-state index in [4.69, 9.17) is 14.5 Å². The summed E-state index contributed by atoms with van der Waals surface area (Å²) in [6.45, 7) is 7.13. The van der Waals surface area contributed by atoms with Crippen molar-refractivity contribution in [3.05, 3.63) is 36.5 Å². The van der Waals surface area contributed by atoms with Gasteiger partial charge in [0, 0.05) is 64.4 Å². The number of ether oxygens (including phenoxy) is 2. The van der Waals surface area contributed by atoms with E-state index in [-0.39, 0.29) is 18.4 Å². The van der Waals surface area contributed by atoms with Crippen molar-refractivity contribution in [1.82, 2.24) is 20.2 Å². The van der Waals surface area contributed by atoms with Crippen LogP contribution in [0.1, 0.15) is 39.0 Å². The van der Waals surface area contributed by atoms with Crippen molar-refractivity contribution in [2.75, 3.05) is 57.9 Å². The number of carbonyl (C=O) groups is 1. The number of benzene rings is 1. The average molecular weight is 512 g/mol. The summed E-state index contributed by atoms with van der Waals surface area (Å²) in [5.74, 6) is 1.33. The van der Waals surface area contributed by atoms with Crippen LogP contribution in [0, 0.1) is 5.92 Å². The lowest BCUT2D eigenvalue weighted by Crippen LogP contribution is -2.68. The van der Waals surface area contributed by atoms with Crippen LogP contribution in [0.25, 0.3) is 11.3 Å². The number of methoxy groups -OCH3 is 1. The smallest absolute Gasteiger partial charge is 0.258 e. The minimum atomic E-state index is -1.86. The van der Waals surface area contributed by atoms with Gasteiger partial charge in [-0.2, -0.15) is 0 Å². The maximum atomic E-state index is 15.8. The summed E-state index contributed by atoms with van der Waals surface area (Å²) in [7, 11) is 1.68. The zero-order chi connectivity index (χ0) is 25.9. The predicted molar refractivity (Wildman–Crippen MR) is 140 cm³/mol. The number of anilines is 1. The molecule has 1 aromatic carbocycles. The Morgan fingerprint density at radius 1 is 1.11 bits per heavy atom. The lowest BCUT2D eigenvalue weighted by atomic mass is 9.73. The van der Waals surface area contributed by atoms with Gasteiger partial charge in [0.25, 0.3) is 5.91 Å². The zero-order valence-electron chi connectivity index (χ0n) is 21.9. The van der Waals surface area contributed by atoms with Gasteiger partial charge in [0.15, 0.2) is 5.67 Å². The Bertz CT molecular complexity index is 1070. The highest BCUT2D eigenvalue weighted by Crippen LogP contribution is 2.37. The molecular weight excluding hydrogens is 473 g/mol. The molecule has 1 unspecified atom stereocenters. The maximum Gasteiger partial charge on any atom is 0.258 e. The number of halogens is 1. The van der Waals surface area contributed by atoms with E-state index in [1.54, 1.807) is 13.3 Å². The van der Waals surface area contributed by atoms with Crippen molar-refractivity contribution >= 4 is 11.9 Å². The highest BCUT2D eigenvalue weighted by molar-refractivity contribution is 5.86. The van der Waals surface area contributed by atoms with E-state index in [2.05, 4.69) is 22.1 Å². The van der Waals surface area contributed by atoms with E-state index in [1.165, 1.54) is 0 Å². The van der Waals surface area contributed by atoms with E-state index in [1.807, 2.05) is 35.2 Å². The van der Waals surface area contributed by atoms with E-state index >= 15 is 4.39 Å². The van der Waals surface area contributed by atoms with Crippen LogP contribution in [-0.2, 0) is 9.53 Å². The Kier molecular flexibility index (Phi) is 7.62. The second-order valence-electron chi connectivity index (χ2n) is 10.8. The Morgan fingerprint density at radius 3 is 2.49 bits per heavy atom. The number of nitrogens with zero attached hydrogens (tertiary/aromatic N) is 4. The molecule has 5 heterocycles. The van der Waals surface area contributed by atoms with Gasteiger partial charge in [-0.05, 0) is 69.1 Å². The van der Waals surface area contributed by atoms with Gasteiger partial charge in [-0.1, -0.05) is 0 Å². The van der Waals surface area contributed by atoms with Crippen LogP contribution in [0.3, 0.4) is 0 Å². The average Bonchev–Trinajstić information content (AvgIpc) is 2.92. The molecule has 200 valence electrons. The van der Waals surface area contributed by atoms with Crippen LogP contribution in [0.4, 0.5) is 10.3 Å². The number of carbonyl (C=O) groups excluding carboxylic acids is 1. The number of piperidine rings is 4. The molecule has 2 bridgehead atoms. The van der Waals surface area contributed by atoms with Crippen molar-refractivity contribution in [2.24, 2.45) is 5.92 Å². The molecule has 1 N–H and O–H groups in total. The molecule has 0 saturated carbocycles. The Morgan fingerprint density at radius 2 is 1.84 bits per heavy atom. The zero-order valence-corrected chi connectivity index (χ0v) is 21.9. The molecule has 0 aliphatic carbocycles. The first-order chi connectivity index (χ1) is 17.9. The number of amides is 1. The lowest BCUT2D eigenvalue weighted by molar-refractivity contribution is -0.139. The summed E-state index contributed by atoms with van der Waals surface area (Å²) in [6.07, 6.45) is 4.97. The van der Waals surface area contributed by atoms with Crippen LogP contribution >= 0.6 is 0 Å². The number of rotatable bonds is 9. The van der Waals surface area contributed by atoms with E-state index < -0.39 is 11.6 Å². The molecule has 4 aliphatic heterocycles. The molecule has 1 amide bonds. The molecule has 6 rings (SSSR count). The van der Waals surface area contributed by atoms with E-state index in [0.29, 0.717) is 38.2 Å². The molecule has 0 spiro atoms. The third-order valence-corrected chi connectivity index (χ3v) is 8.24. The van der Waals surface area contributed by atoms with Crippen molar-refractivity contribution in [2.45, 2.75) is 50.2 Å². The third-order valence-electron chi connectivity index (χ3n) is 8.24. The first kappa shape index (κ1) is 25.9. The van der Waals surface area contributed by atoms with Gasteiger partial charge >= 0.3 is 0 Å². The lowest BCUT2D eigenvalue weighted by Gasteiger charge is -2.52. The largest absolute Gasteiger partial charge is 0.494 e. The van der Waals surface area contributed by atoms with Gasteiger partial charge in [-0.15, -0.1) is 0 Å². The normalized spacial score (nSPS) is 26.6. The number of alkyl halides is 1. The number of fused-ring (bicyclic) bond motifs is 3. The summed E-state index contributed by atoms with van der Waals surface area (Å²) >= 11 is 0. The first-order valence-electron chi connectivity index (χ1n) is 13.4. The number of aromatic nitrogens is 2. The van der Waals surface area contributed by atoms with Crippen LogP contribution < -0.4 is 15.0 Å². The molecule has 9 heteroatoms. The molecule has 4 fully saturated rings. The summed E-state index contributed by atoms with van der Waals surface area (Å²) in [6, 6.07) is 9.66. The predicted octanol–water partition coefficient (Wildman–Crippen LogP) is 3.47. The molecule has 4 aliphatic rings. The maximum absolute atomic E-state index is 15.8. The second-order valence-corrected chi connectivity index (χ2v) is 10.8. The van der Waals surface area contributed by atoms with Gasteiger partial charge < -0.3 is 24.6 Å². The van der Waals surface area contributed by atoms with Crippen LogP contribution in [0.5, 0.6) is 5.75 Å². The van der Waals surface area contributed by atoms with Gasteiger partial charge in [0.1, 0.15) is 5.75 Å². The Labute approximate surface area is 218 Å². The summed E-state index contributed by atoms with van der Waals surface area (Å²) in [4.78, 5) is 26.6. The fraction of sp³-hybridized carbons (Fsp3) is 0.607. The van der Waals surface area contributed by atoms with Gasteiger partial charge in [-0.25, -0.2) is 14.4 Å². The van der Waals surface area contributed by atoms with Crippen molar-refractivity contribution in [3.63, 3.8) is 0 Å². The fourth-order valence-electron chi connectivity index (χ4n) is 5.90. The highest BCUT2D eigenvalue weighted by Gasteiger charge is 2.49. The minimum absolute atomic E-state index is 0.131. The van der Waals surface area contributed by atoms with Crippen molar-refractivity contribution in [1.29, 1.82) is 0 Å². The molecule has 2 aromatic rings. The minimum Gasteiger partial charge on any atom is -0.494 e. The molecule has 0 radical (unpaired) electrons. The fourth-order valence-corrected chi connectivity index (χ4v) is 5.90. The summed E-state index contributed by atoms with van der Waals surface area (Å²) < 4.78 is 26.6. The van der Waals surface area contributed by atoms with Gasteiger partial charge in [-0.3, -0.25) is 4.79 Å². The SMILES string of the molecule is COCCCOc1ccc(-c2ccnc(N3CCC(F)(C(=O)NC4(C)CN5CCC4CC5)CC3)n2)cc1. The standard InChI is InChI=1S/C28H38FN5O3/c1-27(20-33-14-9-22(27)10-15-33)32-25(35)28(29)11-16-34(17-12-28)26-30-13-8-24(31-26)21-4-6-23(7-5-21)37-19-3-18-36-2/h4-8,13,22H,3,9-12,14-20H2,1-2H3,(H,32,35). The van der Waals surface area contributed by atoms with Gasteiger partial charge in [0.2, 0.25) is 5.95 Å². The molecule has 1 atom stereocenters. The third kappa shape index (κ3) is 5.72. The monoisotopic (exact) mass is 511 g/mol. The first-order valence-corrected chi connectivity index (χ1v) is 13.4. The van der Waals surface area contributed by atoms with Crippen molar-refractivity contribution in [3.8, 4) is 17.0 Å². The van der Waals surface area contributed by atoms with E-state index in [0.717, 1.165) is 55.9 Å². The molecule has 4 saturated heterocycles. The second kappa shape index (κ2) is 10.9. The molecular formula is C28H38FN5O3. The Hall–Kier alpha value is -2.78. The molecule has 8 nitrogen and oxygen atoms in total. The van der Waals surface area contributed by atoms with Gasteiger partial charge in [0.05, 0.1) is 17.8 Å². The molecule has 1 aromatic heterocycles. The summed E-state index contributed by atoms with van der Waals surface area (Å²) in [5, 5.41) is 3.12. The quantitative estimate of drug-likeness (QED) is 0.517. The molecule has 37 heavy (non-hydrogen) atoms. The van der Waals surface area contributed by atoms with Crippen molar-refractivity contribution < 1.29 is 18.7 Å². The van der Waals surface area contributed by atoms with E-state index in [9.17, 15) is 4.79 Å². The van der Waals surface area contributed by atoms with Crippen LogP contribution in [-0.4, -0.2) is 85.0 Å². The topological polar surface area (TPSA) is 79.8 Å². The summed E-state index contributed by atoms with van der Waals surface area (Å²) in [5.41, 5.74) is -0.454. The number of hydrogen-bond acceptors (Lipinski definition) is 7.